The topological polar surface area (TPSA) is 0 Å². The zero-order valence-corrected chi connectivity index (χ0v) is 10.4. The third-order valence-electron chi connectivity index (χ3n) is 4.25. The van der Waals surface area contributed by atoms with Gasteiger partial charge in [-0.1, -0.05) is 45.4 Å². The molecule has 0 N–H and O–H groups in total. The Labute approximate surface area is 94.5 Å². The highest BCUT2D eigenvalue weighted by molar-refractivity contribution is 5.29. The van der Waals surface area contributed by atoms with E-state index >= 15 is 0 Å². The lowest BCUT2D eigenvalue weighted by Crippen LogP contribution is -2.28. The van der Waals surface area contributed by atoms with Gasteiger partial charge in [-0.25, -0.2) is 0 Å². The normalized spacial score (nSPS) is 36.0. The minimum atomic E-state index is 0.845. The van der Waals surface area contributed by atoms with Gasteiger partial charge in [-0.3, -0.25) is 0 Å². The summed E-state index contributed by atoms with van der Waals surface area (Å²) in [7, 11) is 0. The molecule has 0 radical (unpaired) electrons. The monoisotopic (exact) mass is 204 g/mol. The van der Waals surface area contributed by atoms with Crippen molar-refractivity contribution in [2.24, 2.45) is 23.7 Å². The van der Waals surface area contributed by atoms with Gasteiger partial charge in [-0.05, 0) is 48.5 Å². The molecule has 15 heavy (non-hydrogen) atoms. The highest BCUT2D eigenvalue weighted by Crippen LogP contribution is 2.42. The molecule has 3 atom stereocenters. The molecule has 3 unspecified atom stereocenters. The van der Waals surface area contributed by atoms with E-state index in [-0.39, 0.29) is 0 Å². The first-order valence-electron chi connectivity index (χ1n) is 6.55. The van der Waals surface area contributed by atoms with Gasteiger partial charge < -0.3 is 0 Å². The highest BCUT2D eigenvalue weighted by atomic mass is 14.4. The van der Waals surface area contributed by atoms with E-state index in [0.717, 1.165) is 23.7 Å². The Kier molecular flexibility index (Phi) is 3.33. The number of rotatable bonds is 2. The van der Waals surface area contributed by atoms with Crippen LogP contribution >= 0.6 is 0 Å². The fourth-order valence-electron chi connectivity index (χ4n) is 3.34. The number of hydrogen-bond acceptors (Lipinski definition) is 0. The summed E-state index contributed by atoms with van der Waals surface area (Å²) in [5.41, 5.74) is 1.64. The average molecular weight is 204 g/mol. The minimum absolute atomic E-state index is 0.845. The Morgan fingerprint density at radius 3 is 2.67 bits per heavy atom. The van der Waals surface area contributed by atoms with Crippen LogP contribution in [0.2, 0.25) is 0 Å². The lowest BCUT2D eigenvalue weighted by atomic mass is 9.67. The van der Waals surface area contributed by atoms with Crippen LogP contribution in [-0.2, 0) is 0 Å². The Balaban J connectivity index is 2.12. The van der Waals surface area contributed by atoms with Crippen LogP contribution in [0.5, 0.6) is 0 Å². The molecule has 0 aromatic carbocycles. The maximum atomic E-state index is 2.44. The Hall–Kier alpha value is -0.520. The predicted molar refractivity (Wildman–Crippen MR) is 66.7 cm³/mol. The van der Waals surface area contributed by atoms with E-state index in [9.17, 15) is 0 Å². The van der Waals surface area contributed by atoms with Crippen molar-refractivity contribution >= 4 is 0 Å². The zero-order chi connectivity index (χ0) is 10.8. The number of allylic oxidation sites excluding steroid dienone is 4. The van der Waals surface area contributed by atoms with Crippen LogP contribution in [0, 0.1) is 23.7 Å². The summed E-state index contributed by atoms with van der Waals surface area (Å²) in [5.74, 6) is 3.56. The summed E-state index contributed by atoms with van der Waals surface area (Å²) in [4.78, 5) is 0. The SMILES string of the molecule is CC1CCC(C(C)C)C(C2=CCC=C2)C1. The third-order valence-corrected chi connectivity index (χ3v) is 4.25. The molecule has 0 heterocycles. The second kappa shape index (κ2) is 4.55. The van der Waals surface area contributed by atoms with Gasteiger partial charge in [-0.2, -0.15) is 0 Å². The van der Waals surface area contributed by atoms with Crippen LogP contribution in [0.3, 0.4) is 0 Å². The number of hydrogen-bond donors (Lipinski definition) is 0. The van der Waals surface area contributed by atoms with Gasteiger partial charge in [0.25, 0.3) is 0 Å². The van der Waals surface area contributed by atoms with Crippen LogP contribution in [-0.4, -0.2) is 0 Å². The van der Waals surface area contributed by atoms with Gasteiger partial charge in [0, 0.05) is 0 Å². The average Bonchev–Trinajstić information content (AvgIpc) is 2.69. The van der Waals surface area contributed by atoms with E-state index in [0.29, 0.717) is 0 Å². The lowest BCUT2D eigenvalue weighted by molar-refractivity contribution is 0.172. The molecule has 2 aliphatic rings. The molecule has 0 aromatic rings. The van der Waals surface area contributed by atoms with E-state index in [1.807, 2.05) is 0 Å². The van der Waals surface area contributed by atoms with Crippen LogP contribution < -0.4 is 0 Å². The molecule has 0 heteroatoms. The van der Waals surface area contributed by atoms with Gasteiger partial charge in [-0.15, -0.1) is 0 Å². The largest absolute Gasteiger partial charge is 0.0805 e. The molecule has 84 valence electrons. The van der Waals surface area contributed by atoms with Gasteiger partial charge in [0.05, 0.1) is 0 Å². The first kappa shape index (κ1) is 11.0. The second-order valence-corrected chi connectivity index (χ2v) is 5.77. The van der Waals surface area contributed by atoms with Crippen molar-refractivity contribution in [2.75, 3.05) is 0 Å². The predicted octanol–water partition coefficient (Wildman–Crippen LogP) is 4.58. The molecular formula is C15H24. The van der Waals surface area contributed by atoms with Gasteiger partial charge >= 0.3 is 0 Å². The van der Waals surface area contributed by atoms with Crippen molar-refractivity contribution in [1.82, 2.24) is 0 Å². The smallest absolute Gasteiger partial charge is 0.0132 e. The van der Waals surface area contributed by atoms with Crippen molar-refractivity contribution in [3.05, 3.63) is 23.8 Å². The lowest BCUT2D eigenvalue weighted by Gasteiger charge is -2.38. The molecule has 0 nitrogen and oxygen atoms in total. The molecule has 0 saturated heterocycles. The summed E-state index contributed by atoms with van der Waals surface area (Å²) >= 11 is 0. The van der Waals surface area contributed by atoms with Crippen molar-refractivity contribution < 1.29 is 0 Å². The van der Waals surface area contributed by atoms with Crippen molar-refractivity contribution in [2.45, 2.75) is 46.5 Å². The zero-order valence-electron chi connectivity index (χ0n) is 10.4. The first-order valence-corrected chi connectivity index (χ1v) is 6.55. The van der Waals surface area contributed by atoms with Crippen LogP contribution in [0.1, 0.15) is 46.5 Å². The molecule has 0 bridgehead atoms. The van der Waals surface area contributed by atoms with Gasteiger partial charge in [0.1, 0.15) is 0 Å². The quantitative estimate of drug-likeness (QED) is 0.617. The van der Waals surface area contributed by atoms with E-state index in [1.54, 1.807) is 5.57 Å². The Morgan fingerprint density at radius 1 is 1.27 bits per heavy atom. The molecule has 2 rings (SSSR count). The fraction of sp³-hybridized carbons (Fsp3) is 0.733. The molecule has 0 aromatic heterocycles. The Bertz CT molecular complexity index is 270. The maximum Gasteiger partial charge on any atom is -0.0132 e. The molecule has 0 aliphatic heterocycles. The summed E-state index contributed by atoms with van der Waals surface area (Å²) in [6.07, 6.45) is 12.6. The van der Waals surface area contributed by atoms with E-state index in [4.69, 9.17) is 0 Å². The highest BCUT2D eigenvalue weighted by Gasteiger charge is 2.32. The van der Waals surface area contributed by atoms with Gasteiger partial charge in [0.15, 0.2) is 0 Å². The Morgan fingerprint density at radius 2 is 2.07 bits per heavy atom. The molecular weight excluding hydrogens is 180 g/mol. The van der Waals surface area contributed by atoms with E-state index < -0.39 is 0 Å². The first-order chi connectivity index (χ1) is 7.18. The molecule has 1 saturated carbocycles. The van der Waals surface area contributed by atoms with Crippen LogP contribution in [0.15, 0.2) is 23.8 Å². The standard InChI is InChI=1S/C15H24/c1-11(2)14-9-8-12(3)10-15(14)13-6-4-5-7-13/h4,6-7,11-12,14-15H,5,8-10H2,1-3H3. The van der Waals surface area contributed by atoms with Crippen LogP contribution in [0.4, 0.5) is 0 Å². The fourth-order valence-corrected chi connectivity index (χ4v) is 3.34. The summed E-state index contributed by atoms with van der Waals surface area (Å²) in [6, 6.07) is 0. The van der Waals surface area contributed by atoms with Crippen molar-refractivity contribution in [1.29, 1.82) is 0 Å². The second-order valence-electron chi connectivity index (χ2n) is 5.77. The summed E-state index contributed by atoms with van der Waals surface area (Å²) in [6.45, 7) is 7.21. The molecule has 0 amide bonds. The summed E-state index contributed by atoms with van der Waals surface area (Å²) in [5, 5.41) is 0. The summed E-state index contributed by atoms with van der Waals surface area (Å²) < 4.78 is 0. The van der Waals surface area contributed by atoms with Gasteiger partial charge in [0.2, 0.25) is 0 Å². The molecule has 2 aliphatic carbocycles. The maximum absolute atomic E-state index is 2.44. The van der Waals surface area contributed by atoms with E-state index in [2.05, 4.69) is 39.0 Å². The molecule has 1 fully saturated rings. The minimum Gasteiger partial charge on any atom is -0.0805 e. The van der Waals surface area contributed by atoms with Crippen molar-refractivity contribution in [3.8, 4) is 0 Å². The third kappa shape index (κ3) is 2.35. The van der Waals surface area contributed by atoms with E-state index in [1.165, 1.54) is 25.7 Å². The molecule has 0 spiro atoms. The van der Waals surface area contributed by atoms with Crippen molar-refractivity contribution in [3.63, 3.8) is 0 Å². The van der Waals surface area contributed by atoms with Crippen LogP contribution in [0.25, 0.3) is 0 Å².